The number of fused-ring (bicyclic) bond motifs is 1. The number of hydrogen-bond donors (Lipinski definition) is 2. The number of nitrogens with one attached hydrogen (secondary N) is 1. The third kappa shape index (κ3) is 3.17. The lowest BCUT2D eigenvalue weighted by Crippen LogP contribution is -2.27. The van der Waals surface area contributed by atoms with E-state index in [1.165, 1.54) is 0 Å². The van der Waals surface area contributed by atoms with Crippen LogP contribution in [0.5, 0.6) is 0 Å². The molecule has 19 heavy (non-hydrogen) atoms. The number of halogens is 1. The van der Waals surface area contributed by atoms with E-state index >= 15 is 0 Å². The molecule has 1 aliphatic rings. The molecular formula is C13H15ClN2O3. The summed E-state index contributed by atoms with van der Waals surface area (Å²) in [7, 11) is 0. The Kier molecular flexibility index (Phi) is 3.95. The number of rotatable bonds is 3. The van der Waals surface area contributed by atoms with Crippen molar-refractivity contribution in [3.05, 3.63) is 22.7 Å². The molecule has 1 aromatic rings. The maximum absolute atomic E-state index is 11.7. The molecule has 0 aliphatic carbocycles. The number of anilines is 2. The molecule has 1 heterocycles. The summed E-state index contributed by atoms with van der Waals surface area (Å²) in [6, 6.07) is 3.51. The fourth-order valence-electron chi connectivity index (χ4n) is 2.27. The second-order valence-corrected chi connectivity index (χ2v) is 4.98. The number of carboxylic acids is 1. The van der Waals surface area contributed by atoms with Crippen molar-refractivity contribution >= 4 is 34.9 Å². The summed E-state index contributed by atoms with van der Waals surface area (Å²) in [6.45, 7) is 2.78. The van der Waals surface area contributed by atoms with Crippen LogP contribution in [0.25, 0.3) is 0 Å². The topological polar surface area (TPSA) is 69.6 Å². The highest BCUT2D eigenvalue weighted by Gasteiger charge is 2.21. The normalized spacial score (nSPS) is 14.6. The van der Waals surface area contributed by atoms with E-state index in [1.54, 1.807) is 6.07 Å². The highest BCUT2D eigenvalue weighted by molar-refractivity contribution is 6.31. The van der Waals surface area contributed by atoms with Crippen molar-refractivity contribution in [1.29, 1.82) is 0 Å². The number of aliphatic carboxylic acids is 1. The number of hydrogen-bond acceptors (Lipinski definition) is 3. The van der Waals surface area contributed by atoms with Crippen molar-refractivity contribution in [1.82, 2.24) is 0 Å². The van der Waals surface area contributed by atoms with E-state index in [4.69, 9.17) is 16.7 Å². The van der Waals surface area contributed by atoms with Crippen LogP contribution in [-0.2, 0) is 9.59 Å². The van der Waals surface area contributed by atoms with Gasteiger partial charge >= 0.3 is 5.97 Å². The number of carbonyl (C=O) groups is 2. The lowest BCUT2D eigenvalue weighted by Gasteiger charge is -2.25. The fraction of sp³-hybridized carbons (Fsp3) is 0.385. The highest BCUT2D eigenvalue weighted by Crippen LogP contribution is 2.35. The Morgan fingerprint density at radius 2 is 2.26 bits per heavy atom. The Balaban J connectivity index is 2.38. The van der Waals surface area contributed by atoms with Gasteiger partial charge in [-0.15, -0.1) is 0 Å². The summed E-state index contributed by atoms with van der Waals surface area (Å²) in [4.78, 5) is 24.3. The summed E-state index contributed by atoms with van der Waals surface area (Å²) in [5.74, 6) is -0.933. The number of carbonyl (C=O) groups excluding carboxylic acids is 1. The van der Waals surface area contributed by atoms with E-state index in [0.29, 0.717) is 30.2 Å². The number of carboxylic acid groups (broad SMARTS) is 1. The summed E-state index contributed by atoms with van der Waals surface area (Å²) in [5.41, 5.74) is 2.43. The van der Waals surface area contributed by atoms with Crippen LogP contribution in [0.15, 0.2) is 12.1 Å². The molecule has 1 aromatic carbocycles. The number of nitrogens with zero attached hydrogens (tertiary/aromatic N) is 1. The van der Waals surface area contributed by atoms with E-state index in [-0.39, 0.29) is 12.3 Å². The molecule has 0 fully saturated rings. The van der Waals surface area contributed by atoms with Gasteiger partial charge in [0.1, 0.15) is 0 Å². The molecule has 1 aliphatic heterocycles. The number of benzene rings is 1. The molecular weight excluding hydrogens is 268 g/mol. The van der Waals surface area contributed by atoms with Crippen LogP contribution in [0.4, 0.5) is 11.4 Å². The van der Waals surface area contributed by atoms with E-state index in [2.05, 4.69) is 5.32 Å². The second-order valence-electron chi connectivity index (χ2n) is 4.55. The van der Waals surface area contributed by atoms with E-state index in [0.717, 1.165) is 11.3 Å². The molecule has 0 unspecified atom stereocenters. The number of aryl methyl sites for hydroxylation is 1. The smallest absolute Gasteiger partial charge is 0.305 e. The Morgan fingerprint density at radius 1 is 1.53 bits per heavy atom. The van der Waals surface area contributed by atoms with Crippen molar-refractivity contribution in [2.24, 2.45) is 0 Å². The average Bonchev–Trinajstić information content (AvgIpc) is 2.45. The molecule has 0 radical (unpaired) electrons. The van der Waals surface area contributed by atoms with E-state index < -0.39 is 5.97 Å². The molecule has 102 valence electrons. The first kappa shape index (κ1) is 13.7. The minimum Gasteiger partial charge on any atom is -0.481 e. The van der Waals surface area contributed by atoms with Gasteiger partial charge in [0.15, 0.2) is 0 Å². The Hall–Kier alpha value is -1.75. The van der Waals surface area contributed by atoms with Crippen LogP contribution >= 0.6 is 11.6 Å². The fourth-order valence-corrected chi connectivity index (χ4v) is 2.54. The molecule has 2 rings (SSSR count). The summed E-state index contributed by atoms with van der Waals surface area (Å²) < 4.78 is 0. The van der Waals surface area contributed by atoms with Crippen LogP contribution in [0, 0.1) is 6.92 Å². The van der Waals surface area contributed by atoms with Crippen LogP contribution in [0.1, 0.15) is 18.4 Å². The molecule has 0 saturated heterocycles. The molecule has 2 N–H and O–H groups in total. The SMILES string of the molecule is Cc1cc(Cl)cc2c1N(CCC(=O)O)CCC(=O)N2. The Morgan fingerprint density at radius 3 is 2.95 bits per heavy atom. The lowest BCUT2D eigenvalue weighted by molar-refractivity contribution is -0.136. The standard InChI is InChI=1S/C13H15ClN2O3/c1-8-6-9(14)7-10-13(8)16(5-3-12(18)19)4-2-11(17)15-10/h6-7H,2-5H2,1H3,(H,15,17)(H,18,19). The molecule has 0 atom stereocenters. The van der Waals surface area contributed by atoms with Gasteiger partial charge in [0.25, 0.3) is 0 Å². The first-order valence-electron chi connectivity index (χ1n) is 6.04. The maximum Gasteiger partial charge on any atom is 0.305 e. The Bertz CT molecular complexity index is 531. The van der Waals surface area contributed by atoms with Crippen molar-refractivity contribution in [2.45, 2.75) is 19.8 Å². The summed E-state index contributed by atoms with van der Waals surface area (Å²) in [5, 5.41) is 12.2. The van der Waals surface area contributed by atoms with Gasteiger partial charge in [0.05, 0.1) is 17.8 Å². The maximum atomic E-state index is 11.7. The van der Waals surface area contributed by atoms with Gasteiger partial charge < -0.3 is 15.3 Å². The predicted octanol–water partition coefficient (Wildman–Crippen LogP) is 2.27. The minimum absolute atomic E-state index is 0.0374. The van der Waals surface area contributed by atoms with Crippen LogP contribution < -0.4 is 10.2 Å². The summed E-state index contributed by atoms with van der Waals surface area (Å²) in [6.07, 6.45) is 0.376. The molecule has 0 aromatic heterocycles. The van der Waals surface area contributed by atoms with Crippen molar-refractivity contribution in [3.8, 4) is 0 Å². The third-order valence-electron chi connectivity index (χ3n) is 3.06. The molecule has 6 heteroatoms. The largest absolute Gasteiger partial charge is 0.481 e. The third-order valence-corrected chi connectivity index (χ3v) is 3.28. The van der Waals surface area contributed by atoms with Gasteiger partial charge in [-0.2, -0.15) is 0 Å². The van der Waals surface area contributed by atoms with E-state index in [9.17, 15) is 9.59 Å². The molecule has 1 amide bonds. The average molecular weight is 283 g/mol. The zero-order chi connectivity index (χ0) is 14.0. The summed E-state index contributed by atoms with van der Waals surface area (Å²) >= 11 is 5.99. The second kappa shape index (κ2) is 5.48. The van der Waals surface area contributed by atoms with Gasteiger partial charge in [0, 0.05) is 24.5 Å². The molecule has 5 nitrogen and oxygen atoms in total. The molecule has 0 spiro atoms. The van der Waals surface area contributed by atoms with Crippen LogP contribution in [-0.4, -0.2) is 30.1 Å². The van der Waals surface area contributed by atoms with Gasteiger partial charge in [-0.1, -0.05) is 11.6 Å². The first-order chi connectivity index (χ1) is 8.97. The molecule has 0 bridgehead atoms. The van der Waals surface area contributed by atoms with Crippen molar-refractivity contribution in [2.75, 3.05) is 23.3 Å². The van der Waals surface area contributed by atoms with E-state index in [1.807, 2.05) is 17.9 Å². The molecule has 0 saturated carbocycles. The van der Waals surface area contributed by atoms with Crippen LogP contribution in [0.2, 0.25) is 5.02 Å². The van der Waals surface area contributed by atoms with Crippen molar-refractivity contribution in [3.63, 3.8) is 0 Å². The van der Waals surface area contributed by atoms with Gasteiger partial charge in [-0.05, 0) is 24.6 Å². The minimum atomic E-state index is -0.850. The van der Waals surface area contributed by atoms with Gasteiger partial charge in [-0.3, -0.25) is 9.59 Å². The first-order valence-corrected chi connectivity index (χ1v) is 6.42. The monoisotopic (exact) mass is 282 g/mol. The van der Waals surface area contributed by atoms with Crippen molar-refractivity contribution < 1.29 is 14.7 Å². The number of amides is 1. The zero-order valence-electron chi connectivity index (χ0n) is 10.6. The van der Waals surface area contributed by atoms with Gasteiger partial charge in [-0.25, -0.2) is 0 Å². The van der Waals surface area contributed by atoms with Gasteiger partial charge in [0.2, 0.25) is 5.91 Å². The van der Waals surface area contributed by atoms with Crippen LogP contribution in [0.3, 0.4) is 0 Å². The lowest BCUT2D eigenvalue weighted by atomic mass is 10.1. The Labute approximate surface area is 116 Å². The quantitative estimate of drug-likeness (QED) is 0.892. The highest BCUT2D eigenvalue weighted by atomic mass is 35.5. The zero-order valence-corrected chi connectivity index (χ0v) is 11.3. The predicted molar refractivity (Wildman–Crippen MR) is 73.9 cm³/mol.